The molecule has 0 spiro atoms. The van der Waals surface area contributed by atoms with Crippen molar-refractivity contribution in [2.45, 2.75) is 26.3 Å². The highest BCUT2D eigenvalue weighted by Crippen LogP contribution is 2.07. The quantitative estimate of drug-likeness (QED) is 0.667. The SMILES string of the molecule is C=C(Cl)CNC(=O)N[C@H](C(=O)O)C(C)CC. The Balaban J connectivity index is 4.24. The molecule has 0 aromatic heterocycles. The first-order valence-electron chi connectivity index (χ1n) is 4.98. The van der Waals surface area contributed by atoms with E-state index in [0.29, 0.717) is 6.42 Å². The highest BCUT2D eigenvalue weighted by atomic mass is 35.5. The number of rotatable bonds is 6. The fraction of sp³-hybridized carbons (Fsp3) is 0.600. The molecule has 1 unspecified atom stereocenters. The number of urea groups is 1. The number of nitrogens with one attached hydrogen (secondary N) is 2. The molecule has 0 aliphatic rings. The Kier molecular flexibility index (Phi) is 6.56. The number of carboxylic acid groups (broad SMARTS) is 1. The standard InChI is InChI=1S/C10H17ClN2O3/c1-4-6(2)8(9(14)15)13-10(16)12-5-7(3)11/h6,8H,3-5H2,1-2H3,(H,14,15)(H2,12,13,16)/t6?,8-/m0/s1. The van der Waals surface area contributed by atoms with Crippen molar-refractivity contribution in [3.8, 4) is 0 Å². The van der Waals surface area contributed by atoms with Crippen LogP contribution in [-0.2, 0) is 4.79 Å². The molecule has 0 aliphatic carbocycles. The molecule has 0 aromatic rings. The lowest BCUT2D eigenvalue weighted by molar-refractivity contribution is -0.140. The Morgan fingerprint density at radius 1 is 1.50 bits per heavy atom. The number of aliphatic carboxylic acids is 1. The highest BCUT2D eigenvalue weighted by molar-refractivity contribution is 6.29. The predicted molar refractivity (Wildman–Crippen MR) is 62.4 cm³/mol. The summed E-state index contributed by atoms with van der Waals surface area (Å²) < 4.78 is 0. The van der Waals surface area contributed by atoms with Gasteiger partial charge in [0.25, 0.3) is 0 Å². The molecule has 0 aromatic carbocycles. The lowest BCUT2D eigenvalue weighted by atomic mass is 9.99. The molecular weight excluding hydrogens is 232 g/mol. The number of hydrogen-bond donors (Lipinski definition) is 3. The van der Waals surface area contributed by atoms with E-state index in [-0.39, 0.29) is 17.5 Å². The topological polar surface area (TPSA) is 78.4 Å². The van der Waals surface area contributed by atoms with Crippen LogP contribution in [0.3, 0.4) is 0 Å². The molecule has 3 N–H and O–H groups in total. The van der Waals surface area contributed by atoms with Crippen LogP contribution in [0.15, 0.2) is 11.6 Å². The molecule has 0 aliphatic heterocycles. The van der Waals surface area contributed by atoms with Crippen LogP contribution in [0.5, 0.6) is 0 Å². The lowest BCUT2D eigenvalue weighted by Crippen LogP contribution is -2.49. The number of amides is 2. The fourth-order valence-corrected chi connectivity index (χ4v) is 1.12. The van der Waals surface area contributed by atoms with Crippen LogP contribution in [0.4, 0.5) is 4.79 Å². The average molecular weight is 249 g/mol. The van der Waals surface area contributed by atoms with Gasteiger partial charge in [-0.1, -0.05) is 38.4 Å². The lowest BCUT2D eigenvalue weighted by Gasteiger charge is -2.20. The Labute approximate surface area is 99.9 Å². The van der Waals surface area contributed by atoms with E-state index in [9.17, 15) is 9.59 Å². The van der Waals surface area contributed by atoms with Gasteiger partial charge < -0.3 is 15.7 Å². The summed E-state index contributed by atoms with van der Waals surface area (Å²) in [5.41, 5.74) is 0. The van der Waals surface area contributed by atoms with E-state index < -0.39 is 18.0 Å². The zero-order chi connectivity index (χ0) is 12.7. The molecule has 2 amide bonds. The van der Waals surface area contributed by atoms with Crippen LogP contribution in [-0.4, -0.2) is 29.7 Å². The summed E-state index contributed by atoms with van der Waals surface area (Å²) in [4.78, 5) is 22.2. The second-order valence-corrected chi connectivity index (χ2v) is 4.08. The van der Waals surface area contributed by atoms with Gasteiger partial charge in [-0.15, -0.1) is 0 Å². The first-order valence-corrected chi connectivity index (χ1v) is 5.36. The third kappa shape index (κ3) is 5.60. The van der Waals surface area contributed by atoms with Crippen molar-refractivity contribution in [1.82, 2.24) is 10.6 Å². The van der Waals surface area contributed by atoms with Gasteiger partial charge in [0.15, 0.2) is 0 Å². The third-order valence-corrected chi connectivity index (χ3v) is 2.34. The average Bonchev–Trinajstić information content (AvgIpc) is 2.21. The molecule has 0 fully saturated rings. The van der Waals surface area contributed by atoms with Crippen molar-refractivity contribution in [2.75, 3.05) is 6.54 Å². The van der Waals surface area contributed by atoms with Crippen molar-refractivity contribution >= 4 is 23.6 Å². The van der Waals surface area contributed by atoms with Gasteiger partial charge in [-0.25, -0.2) is 9.59 Å². The minimum atomic E-state index is -1.05. The monoisotopic (exact) mass is 248 g/mol. The first-order chi connectivity index (χ1) is 7.38. The third-order valence-electron chi connectivity index (χ3n) is 2.21. The zero-order valence-electron chi connectivity index (χ0n) is 9.42. The number of carboxylic acids is 1. The van der Waals surface area contributed by atoms with Gasteiger partial charge in [-0.05, 0) is 5.92 Å². The Bertz CT molecular complexity index is 281. The van der Waals surface area contributed by atoms with Crippen molar-refractivity contribution in [2.24, 2.45) is 5.92 Å². The maximum absolute atomic E-state index is 11.3. The second kappa shape index (κ2) is 7.11. The number of carbonyl (C=O) groups is 2. The molecular formula is C10H17ClN2O3. The molecule has 0 heterocycles. The second-order valence-electron chi connectivity index (χ2n) is 3.55. The van der Waals surface area contributed by atoms with Gasteiger partial charge >= 0.3 is 12.0 Å². The van der Waals surface area contributed by atoms with Gasteiger partial charge in [0, 0.05) is 5.03 Å². The van der Waals surface area contributed by atoms with Gasteiger partial charge in [0.05, 0.1) is 6.54 Å². The van der Waals surface area contributed by atoms with E-state index in [2.05, 4.69) is 17.2 Å². The largest absolute Gasteiger partial charge is 0.480 e. The summed E-state index contributed by atoms with van der Waals surface area (Å²) >= 11 is 5.46. The Morgan fingerprint density at radius 3 is 2.44 bits per heavy atom. The summed E-state index contributed by atoms with van der Waals surface area (Å²) in [6, 6.07) is -1.46. The molecule has 0 saturated carbocycles. The van der Waals surface area contributed by atoms with Crippen LogP contribution in [0.25, 0.3) is 0 Å². The van der Waals surface area contributed by atoms with Crippen LogP contribution >= 0.6 is 11.6 Å². The Morgan fingerprint density at radius 2 is 2.06 bits per heavy atom. The number of hydrogen-bond acceptors (Lipinski definition) is 2. The molecule has 16 heavy (non-hydrogen) atoms. The highest BCUT2D eigenvalue weighted by Gasteiger charge is 2.24. The van der Waals surface area contributed by atoms with Crippen molar-refractivity contribution < 1.29 is 14.7 Å². The van der Waals surface area contributed by atoms with E-state index in [0.717, 1.165) is 0 Å². The Hall–Kier alpha value is -1.23. The summed E-state index contributed by atoms with van der Waals surface area (Å²) in [6.07, 6.45) is 0.666. The molecule has 92 valence electrons. The molecule has 0 saturated heterocycles. The van der Waals surface area contributed by atoms with E-state index in [1.165, 1.54) is 0 Å². The molecule has 0 bridgehead atoms. The van der Waals surface area contributed by atoms with Gasteiger partial charge in [0.2, 0.25) is 0 Å². The van der Waals surface area contributed by atoms with Crippen LogP contribution in [0, 0.1) is 5.92 Å². The minimum absolute atomic E-state index is 0.111. The zero-order valence-corrected chi connectivity index (χ0v) is 10.2. The van der Waals surface area contributed by atoms with Crippen molar-refractivity contribution in [3.63, 3.8) is 0 Å². The number of halogens is 1. The van der Waals surface area contributed by atoms with Crippen LogP contribution < -0.4 is 10.6 Å². The molecule has 2 atom stereocenters. The molecule has 6 heteroatoms. The fourth-order valence-electron chi connectivity index (χ4n) is 1.05. The van der Waals surface area contributed by atoms with Gasteiger partial charge in [0.1, 0.15) is 6.04 Å². The summed E-state index contributed by atoms with van der Waals surface area (Å²) in [5, 5.41) is 14.0. The van der Waals surface area contributed by atoms with Gasteiger partial charge in [-0.2, -0.15) is 0 Å². The van der Waals surface area contributed by atoms with E-state index in [1.807, 2.05) is 6.92 Å². The first kappa shape index (κ1) is 14.8. The normalized spacial score (nSPS) is 13.7. The smallest absolute Gasteiger partial charge is 0.326 e. The van der Waals surface area contributed by atoms with Gasteiger partial charge in [-0.3, -0.25) is 0 Å². The molecule has 5 nitrogen and oxygen atoms in total. The maximum Gasteiger partial charge on any atom is 0.326 e. The predicted octanol–water partition coefficient (Wildman–Crippen LogP) is 1.54. The van der Waals surface area contributed by atoms with E-state index in [4.69, 9.17) is 16.7 Å². The van der Waals surface area contributed by atoms with Crippen molar-refractivity contribution in [3.05, 3.63) is 11.6 Å². The summed E-state index contributed by atoms with van der Waals surface area (Å²) in [7, 11) is 0. The van der Waals surface area contributed by atoms with Crippen LogP contribution in [0.2, 0.25) is 0 Å². The maximum atomic E-state index is 11.3. The van der Waals surface area contributed by atoms with E-state index >= 15 is 0 Å². The van der Waals surface area contributed by atoms with Crippen LogP contribution in [0.1, 0.15) is 20.3 Å². The van der Waals surface area contributed by atoms with Crippen molar-refractivity contribution in [1.29, 1.82) is 0 Å². The minimum Gasteiger partial charge on any atom is -0.480 e. The molecule has 0 rings (SSSR count). The van der Waals surface area contributed by atoms with E-state index in [1.54, 1.807) is 6.92 Å². The summed E-state index contributed by atoms with van der Waals surface area (Å²) in [5.74, 6) is -1.18. The summed E-state index contributed by atoms with van der Waals surface area (Å²) in [6.45, 7) is 7.14. The molecule has 0 radical (unpaired) electrons. The number of carbonyl (C=O) groups excluding carboxylic acids is 1.